The standard InChI is InChI=1S/C20H19N5O5S2/c26-18(24-20-23-16-9-21-11-22-19(16)31-20)17(25-30-13-7-8-29-10-13)12-1-3-14(4-2-12)32(27,28)15-5-6-15/h1-4,9,11,13,15H,5-8,10H2,(H,23,24,26)/b25-17+/t13-/m1/s1. The second-order valence-electron chi connectivity index (χ2n) is 7.49. The molecular weight excluding hydrogens is 454 g/mol. The highest BCUT2D eigenvalue weighted by molar-refractivity contribution is 7.92. The molecule has 1 aliphatic heterocycles. The summed E-state index contributed by atoms with van der Waals surface area (Å²) < 4.78 is 30.2. The molecule has 1 aliphatic carbocycles. The Labute approximate surface area is 187 Å². The summed E-state index contributed by atoms with van der Waals surface area (Å²) in [5.41, 5.74) is 1.01. The van der Waals surface area contributed by atoms with Crippen molar-refractivity contribution in [1.29, 1.82) is 0 Å². The minimum absolute atomic E-state index is 0.0117. The average molecular weight is 474 g/mol. The molecule has 10 nitrogen and oxygen atoms in total. The van der Waals surface area contributed by atoms with Crippen molar-refractivity contribution in [3.8, 4) is 0 Å². The van der Waals surface area contributed by atoms with Crippen LogP contribution in [0.2, 0.25) is 0 Å². The van der Waals surface area contributed by atoms with Gasteiger partial charge in [-0.2, -0.15) is 0 Å². The van der Waals surface area contributed by atoms with Gasteiger partial charge in [-0.1, -0.05) is 28.6 Å². The molecular formula is C20H19N5O5S2. The number of hydrogen-bond donors (Lipinski definition) is 1. The van der Waals surface area contributed by atoms with Crippen molar-refractivity contribution in [3.63, 3.8) is 0 Å². The molecule has 12 heteroatoms. The minimum Gasteiger partial charge on any atom is -0.389 e. The molecule has 3 heterocycles. The number of nitrogens with zero attached hydrogens (tertiary/aromatic N) is 4. The van der Waals surface area contributed by atoms with Gasteiger partial charge in [-0.25, -0.2) is 23.4 Å². The first-order valence-corrected chi connectivity index (χ1v) is 12.4. The van der Waals surface area contributed by atoms with Crippen LogP contribution in [0.5, 0.6) is 0 Å². The number of ether oxygens (including phenoxy) is 1. The molecule has 0 unspecified atom stereocenters. The molecule has 2 aliphatic rings. The molecule has 0 radical (unpaired) electrons. The van der Waals surface area contributed by atoms with Crippen molar-refractivity contribution in [2.75, 3.05) is 18.5 Å². The highest BCUT2D eigenvalue weighted by Crippen LogP contribution is 2.33. The van der Waals surface area contributed by atoms with Gasteiger partial charge in [-0.3, -0.25) is 10.1 Å². The highest BCUT2D eigenvalue weighted by Gasteiger charge is 2.36. The maximum absolute atomic E-state index is 13.1. The maximum atomic E-state index is 13.1. The van der Waals surface area contributed by atoms with Gasteiger partial charge in [0.25, 0.3) is 5.91 Å². The van der Waals surface area contributed by atoms with Crippen LogP contribution >= 0.6 is 11.3 Å². The maximum Gasteiger partial charge on any atom is 0.280 e. The van der Waals surface area contributed by atoms with Crippen LogP contribution in [0.1, 0.15) is 24.8 Å². The van der Waals surface area contributed by atoms with Crippen molar-refractivity contribution >= 4 is 48.3 Å². The number of aromatic nitrogens is 3. The van der Waals surface area contributed by atoms with Gasteiger partial charge < -0.3 is 9.57 Å². The summed E-state index contributed by atoms with van der Waals surface area (Å²) in [5, 5.41) is 6.84. The minimum atomic E-state index is -3.33. The predicted molar refractivity (Wildman–Crippen MR) is 117 cm³/mol. The monoisotopic (exact) mass is 473 g/mol. The molecule has 2 fully saturated rings. The van der Waals surface area contributed by atoms with Gasteiger partial charge in [0.05, 0.1) is 29.6 Å². The third kappa shape index (κ3) is 4.33. The van der Waals surface area contributed by atoms with Crippen LogP contribution < -0.4 is 5.32 Å². The molecule has 32 heavy (non-hydrogen) atoms. The molecule has 1 saturated carbocycles. The van der Waals surface area contributed by atoms with E-state index in [1.165, 1.54) is 29.8 Å². The van der Waals surface area contributed by atoms with Crippen molar-refractivity contribution in [2.45, 2.75) is 35.5 Å². The van der Waals surface area contributed by atoms with E-state index in [2.05, 4.69) is 25.4 Å². The van der Waals surface area contributed by atoms with E-state index in [0.29, 0.717) is 53.5 Å². The molecule has 166 valence electrons. The number of nitrogens with one attached hydrogen (secondary N) is 1. The second kappa shape index (κ2) is 8.52. The first kappa shape index (κ1) is 20.9. The van der Waals surface area contributed by atoms with Gasteiger partial charge in [0.15, 0.2) is 26.8 Å². The molecule has 5 rings (SSSR count). The van der Waals surface area contributed by atoms with Gasteiger partial charge in [0.1, 0.15) is 16.7 Å². The van der Waals surface area contributed by atoms with E-state index < -0.39 is 15.7 Å². The lowest BCUT2D eigenvalue weighted by atomic mass is 10.1. The van der Waals surface area contributed by atoms with E-state index in [1.807, 2.05) is 0 Å². The Balaban J connectivity index is 1.41. The van der Waals surface area contributed by atoms with Crippen LogP contribution in [0.3, 0.4) is 0 Å². The quantitative estimate of drug-likeness (QED) is 0.408. The second-order valence-corrected chi connectivity index (χ2v) is 10.7. The van der Waals surface area contributed by atoms with E-state index >= 15 is 0 Å². The van der Waals surface area contributed by atoms with Crippen LogP contribution in [0.4, 0.5) is 5.13 Å². The van der Waals surface area contributed by atoms with Crippen LogP contribution in [0.25, 0.3) is 10.3 Å². The zero-order valence-electron chi connectivity index (χ0n) is 16.8. The van der Waals surface area contributed by atoms with E-state index in [4.69, 9.17) is 9.57 Å². The normalized spacial score (nSPS) is 19.2. The Kier molecular flexibility index (Phi) is 5.57. The average Bonchev–Trinajstić information content (AvgIpc) is 3.39. The van der Waals surface area contributed by atoms with E-state index in [0.717, 1.165) is 0 Å². The van der Waals surface area contributed by atoms with Crippen LogP contribution in [-0.2, 0) is 24.2 Å². The Bertz CT molecular complexity index is 1250. The number of carbonyl (C=O) groups is 1. The fraction of sp³-hybridized carbons (Fsp3) is 0.350. The third-order valence-corrected chi connectivity index (χ3v) is 8.28. The van der Waals surface area contributed by atoms with Gasteiger partial charge in [0.2, 0.25) is 0 Å². The number of sulfone groups is 1. The zero-order valence-corrected chi connectivity index (χ0v) is 18.4. The fourth-order valence-corrected chi connectivity index (χ4v) is 5.65. The Morgan fingerprint density at radius 3 is 2.72 bits per heavy atom. The molecule has 1 N–H and O–H groups in total. The summed E-state index contributed by atoms with van der Waals surface area (Å²) in [6, 6.07) is 6.12. The molecule has 1 atom stereocenters. The largest absolute Gasteiger partial charge is 0.389 e. The van der Waals surface area contributed by atoms with Crippen LogP contribution in [0.15, 0.2) is 46.8 Å². The van der Waals surface area contributed by atoms with Gasteiger partial charge in [0, 0.05) is 12.0 Å². The summed E-state index contributed by atoms with van der Waals surface area (Å²) in [6.07, 6.45) is 4.77. The van der Waals surface area contributed by atoms with Crippen LogP contribution in [-0.4, -0.2) is 59.6 Å². The number of benzene rings is 1. The Morgan fingerprint density at radius 2 is 2.03 bits per heavy atom. The number of rotatable bonds is 7. The molecule has 1 amide bonds. The number of hydrogen-bond acceptors (Lipinski definition) is 10. The van der Waals surface area contributed by atoms with Crippen molar-refractivity contribution in [3.05, 3.63) is 42.4 Å². The van der Waals surface area contributed by atoms with Gasteiger partial charge in [-0.15, -0.1) is 0 Å². The summed E-state index contributed by atoms with van der Waals surface area (Å²) >= 11 is 1.21. The smallest absolute Gasteiger partial charge is 0.280 e. The highest BCUT2D eigenvalue weighted by atomic mass is 32.2. The van der Waals surface area contributed by atoms with Crippen molar-refractivity contribution in [2.24, 2.45) is 5.16 Å². The summed E-state index contributed by atoms with van der Waals surface area (Å²) in [5.74, 6) is -0.534. The molecule has 0 bridgehead atoms. The Morgan fingerprint density at radius 1 is 1.22 bits per heavy atom. The number of oxime groups is 1. The van der Waals surface area contributed by atoms with Crippen molar-refractivity contribution < 1.29 is 22.8 Å². The molecule has 0 spiro atoms. The summed E-state index contributed by atoms with van der Waals surface area (Å²) in [7, 11) is -3.33. The molecule has 2 aromatic heterocycles. The van der Waals surface area contributed by atoms with E-state index in [-0.39, 0.29) is 22.0 Å². The van der Waals surface area contributed by atoms with Gasteiger partial charge in [-0.05, 0) is 25.0 Å². The molecule has 3 aromatic rings. The molecule has 1 saturated heterocycles. The lowest BCUT2D eigenvalue weighted by Crippen LogP contribution is -2.25. The van der Waals surface area contributed by atoms with Crippen LogP contribution in [0, 0.1) is 0 Å². The number of amides is 1. The first-order chi connectivity index (χ1) is 15.5. The Hall–Kier alpha value is -2.96. The topological polar surface area (TPSA) is 133 Å². The lowest BCUT2D eigenvalue weighted by molar-refractivity contribution is -0.110. The SMILES string of the molecule is O=C(Nc1nc2cncnc2s1)/C(=N/O[C@@H]1CCOC1)c1ccc(S(=O)(=O)C2CC2)cc1. The predicted octanol–water partition coefficient (Wildman–Crippen LogP) is 2.17. The number of thiazole rings is 1. The number of anilines is 1. The van der Waals surface area contributed by atoms with E-state index in [9.17, 15) is 13.2 Å². The van der Waals surface area contributed by atoms with E-state index in [1.54, 1.807) is 18.3 Å². The van der Waals surface area contributed by atoms with Gasteiger partial charge >= 0.3 is 0 Å². The summed E-state index contributed by atoms with van der Waals surface area (Å²) in [6.45, 7) is 0.968. The number of carbonyl (C=O) groups excluding carboxylic acids is 1. The third-order valence-electron chi connectivity index (χ3n) is 5.11. The molecule has 1 aromatic carbocycles. The first-order valence-electron chi connectivity index (χ1n) is 10.0. The van der Waals surface area contributed by atoms with Crippen molar-refractivity contribution in [1.82, 2.24) is 15.0 Å². The lowest BCUT2D eigenvalue weighted by Gasteiger charge is -2.10. The fourth-order valence-electron chi connectivity index (χ4n) is 3.22. The zero-order chi connectivity index (χ0) is 22.1. The number of fused-ring (bicyclic) bond motifs is 1. The summed E-state index contributed by atoms with van der Waals surface area (Å²) in [4.78, 5) is 31.8.